The Morgan fingerprint density at radius 1 is 0.718 bits per heavy atom. The van der Waals surface area contributed by atoms with Crippen LogP contribution in [0, 0.1) is 0 Å². The first-order chi connectivity index (χ1) is 17.0. The van der Waals surface area contributed by atoms with Crippen LogP contribution >= 0.6 is 0 Å². The number of aromatic carboxylic acids is 2. The maximum Gasteiger partial charge on any atom is 0.462 e. The largest absolute Gasteiger partial charge is 0.478 e. The van der Waals surface area contributed by atoms with Crippen molar-refractivity contribution in [3.63, 3.8) is 0 Å². The minimum atomic E-state index is -7.91. The third kappa shape index (κ3) is 6.50. The van der Waals surface area contributed by atoms with Crippen molar-refractivity contribution < 1.29 is 104 Å². The molecule has 39 heavy (non-hydrogen) atoms. The standard InChI is InChI=1S/C16H6F16O7/c17-9(10(18,19)37-6-3-4(7(33)34)1-2-5(6)8(35)36)38-16(31,32)12(22,14(26,27)28)39-15(29,30)11(20,21)13(23,24)25/h1-3,9H,(H,33,34)(H,35,36). The molecule has 1 aromatic rings. The number of ether oxygens (including phenoxy) is 3. The Bertz CT molecular complexity index is 1080. The molecule has 0 aliphatic carbocycles. The molecular weight excluding hydrogens is 608 g/mol. The quantitative estimate of drug-likeness (QED) is 0.295. The van der Waals surface area contributed by atoms with Gasteiger partial charge in [0.25, 0.3) is 0 Å². The number of carbonyl (C=O) groups is 2. The van der Waals surface area contributed by atoms with Crippen LogP contribution in [0.25, 0.3) is 0 Å². The minimum Gasteiger partial charge on any atom is -0.478 e. The van der Waals surface area contributed by atoms with E-state index in [0.717, 1.165) is 0 Å². The van der Waals surface area contributed by atoms with Crippen LogP contribution in [-0.2, 0) is 9.47 Å². The average Bonchev–Trinajstić information content (AvgIpc) is 2.70. The maximum absolute atomic E-state index is 14.0. The van der Waals surface area contributed by atoms with Crippen LogP contribution < -0.4 is 4.74 Å². The zero-order valence-electron chi connectivity index (χ0n) is 17.3. The fourth-order valence-corrected chi connectivity index (χ4v) is 2.07. The molecule has 0 saturated carbocycles. The summed E-state index contributed by atoms with van der Waals surface area (Å²) in [6.45, 7) is 0. The van der Waals surface area contributed by atoms with Crippen LogP contribution in [0.1, 0.15) is 20.7 Å². The number of carboxylic acid groups (broad SMARTS) is 2. The molecule has 1 rings (SSSR count). The second kappa shape index (κ2) is 10.1. The molecule has 2 unspecified atom stereocenters. The summed E-state index contributed by atoms with van der Waals surface area (Å²) < 4.78 is 216. The van der Waals surface area contributed by atoms with E-state index in [9.17, 15) is 79.8 Å². The number of hydrogen-bond acceptors (Lipinski definition) is 5. The van der Waals surface area contributed by atoms with E-state index in [4.69, 9.17) is 10.2 Å². The molecule has 0 bridgehead atoms. The number of alkyl halides is 16. The van der Waals surface area contributed by atoms with Crippen molar-refractivity contribution >= 4 is 11.9 Å². The third-order valence-electron chi connectivity index (χ3n) is 3.95. The van der Waals surface area contributed by atoms with Gasteiger partial charge in [-0.25, -0.2) is 14.0 Å². The topological polar surface area (TPSA) is 102 Å². The lowest BCUT2D eigenvalue weighted by atomic mass is 10.1. The highest BCUT2D eigenvalue weighted by molar-refractivity contribution is 5.94. The number of halogens is 16. The number of carboxylic acids is 2. The predicted octanol–water partition coefficient (Wildman–Crippen LogP) is 5.99. The van der Waals surface area contributed by atoms with Gasteiger partial charge >= 0.3 is 60.8 Å². The van der Waals surface area contributed by atoms with Gasteiger partial charge in [-0.05, 0) is 18.2 Å². The molecule has 0 fully saturated rings. The fourth-order valence-electron chi connectivity index (χ4n) is 2.07. The molecule has 0 aliphatic rings. The molecule has 0 spiro atoms. The van der Waals surface area contributed by atoms with Gasteiger partial charge in [-0.3, -0.25) is 9.47 Å². The van der Waals surface area contributed by atoms with Gasteiger partial charge in [-0.2, -0.15) is 65.9 Å². The molecule has 1 aromatic carbocycles. The van der Waals surface area contributed by atoms with Gasteiger partial charge in [0.2, 0.25) is 0 Å². The lowest BCUT2D eigenvalue weighted by molar-refractivity contribution is -0.543. The van der Waals surface area contributed by atoms with Gasteiger partial charge < -0.3 is 14.9 Å². The maximum atomic E-state index is 14.0. The number of rotatable bonds is 11. The van der Waals surface area contributed by atoms with Crippen molar-refractivity contribution in [2.24, 2.45) is 0 Å². The first kappa shape index (κ1) is 33.8. The molecule has 0 heterocycles. The zero-order valence-corrected chi connectivity index (χ0v) is 17.3. The highest BCUT2D eigenvalue weighted by atomic mass is 19.4. The van der Waals surface area contributed by atoms with Crippen molar-refractivity contribution in [3.05, 3.63) is 29.3 Å². The molecule has 0 saturated heterocycles. The van der Waals surface area contributed by atoms with Gasteiger partial charge in [0, 0.05) is 0 Å². The SMILES string of the molecule is O=C(O)c1ccc(C(=O)O)c(OC(F)(F)C(F)OC(F)(F)C(F)(OC(F)(F)C(F)(F)C(F)(F)F)C(F)(F)F)c1. The fraction of sp³-hybridized carbons (Fsp3) is 0.500. The summed E-state index contributed by atoms with van der Waals surface area (Å²) in [5.74, 6) is -21.9. The molecule has 224 valence electrons. The van der Waals surface area contributed by atoms with Crippen molar-refractivity contribution in [2.75, 3.05) is 0 Å². The van der Waals surface area contributed by atoms with E-state index < -0.39 is 77.6 Å². The molecular formula is C16H6F16O7. The summed E-state index contributed by atoms with van der Waals surface area (Å²) >= 11 is 0. The molecule has 7 nitrogen and oxygen atoms in total. The smallest absolute Gasteiger partial charge is 0.462 e. The first-order valence-corrected chi connectivity index (χ1v) is 8.69. The summed E-state index contributed by atoms with van der Waals surface area (Å²) in [5.41, 5.74) is -2.61. The van der Waals surface area contributed by atoms with Crippen LogP contribution in [0.5, 0.6) is 5.75 Å². The van der Waals surface area contributed by atoms with E-state index >= 15 is 0 Å². The molecule has 23 heteroatoms. The van der Waals surface area contributed by atoms with Gasteiger partial charge in [0.15, 0.2) is 0 Å². The van der Waals surface area contributed by atoms with Crippen LogP contribution in [0.3, 0.4) is 0 Å². The number of hydrogen-bond donors (Lipinski definition) is 2. The van der Waals surface area contributed by atoms with Crippen molar-refractivity contribution in [3.8, 4) is 5.75 Å². The summed E-state index contributed by atoms with van der Waals surface area (Å²) in [5, 5.41) is 17.6. The van der Waals surface area contributed by atoms with Gasteiger partial charge in [0.1, 0.15) is 11.3 Å². The Kier molecular flexibility index (Phi) is 8.71. The van der Waals surface area contributed by atoms with E-state index in [-0.39, 0.29) is 12.1 Å². The Hall–Kier alpha value is -3.24. The molecule has 2 atom stereocenters. The third-order valence-corrected chi connectivity index (χ3v) is 3.95. The van der Waals surface area contributed by atoms with Gasteiger partial charge in [-0.1, -0.05) is 0 Å². The van der Waals surface area contributed by atoms with E-state index in [1.54, 1.807) is 0 Å². The van der Waals surface area contributed by atoms with Crippen LogP contribution in [-0.4, -0.2) is 71.0 Å². The van der Waals surface area contributed by atoms with E-state index in [1.807, 2.05) is 0 Å². The molecule has 0 aliphatic heterocycles. The normalized spacial score (nSPS) is 16.4. The predicted molar refractivity (Wildman–Crippen MR) is 83.8 cm³/mol. The van der Waals surface area contributed by atoms with Crippen LogP contribution in [0.2, 0.25) is 0 Å². The van der Waals surface area contributed by atoms with Crippen molar-refractivity contribution in [1.82, 2.24) is 0 Å². The van der Waals surface area contributed by atoms with Crippen LogP contribution in [0.4, 0.5) is 70.2 Å². The average molecular weight is 614 g/mol. The van der Waals surface area contributed by atoms with E-state index in [0.29, 0.717) is 6.07 Å². The molecule has 0 radical (unpaired) electrons. The Balaban J connectivity index is 3.48. The molecule has 2 N–H and O–H groups in total. The Morgan fingerprint density at radius 3 is 1.59 bits per heavy atom. The van der Waals surface area contributed by atoms with Crippen molar-refractivity contribution in [2.45, 2.75) is 48.8 Å². The van der Waals surface area contributed by atoms with E-state index in [2.05, 4.69) is 9.47 Å². The number of benzene rings is 1. The minimum absolute atomic E-state index is 0.136. The first-order valence-electron chi connectivity index (χ1n) is 8.69. The van der Waals surface area contributed by atoms with Gasteiger partial charge in [-0.15, -0.1) is 0 Å². The summed E-state index contributed by atoms with van der Waals surface area (Å²) in [7, 11) is 0. The molecule has 0 aromatic heterocycles. The second-order valence-corrected chi connectivity index (χ2v) is 6.72. The second-order valence-electron chi connectivity index (χ2n) is 6.72. The lowest BCUT2D eigenvalue weighted by Gasteiger charge is -2.38. The van der Waals surface area contributed by atoms with Crippen molar-refractivity contribution in [1.29, 1.82) is 0 Å². The summed E-state index contributed by atoms with van der Waals surface area (Å²) in [6, 6.07) is 0.457. The Labute approximate surface area is 201 Å². The zero-order chi connectivity index (χ0) is 31.2. The highest BCUT2D eigenvalue weighted by Crippen LogP contribution is 2.55. The van der Waals surface area contributed by atoms with Gasteiger partial charge in [0.05, 0.1) is 5.56 Å². The Morgan fingerprint density at radius 2 is 1.21 bits per heavy atom. The van der Waals surface area contributed by atoms with Crippen LogP contribution in [0.15, 0.2) is 18.2 Å². The highest BCUT2D eigenvalue weighted by Gasteiger charge is 2.84. The summed E-state index contributed by atoms with van der Waals surface area (Å²) in [4.78, 5) is 21.8. The monoisotopic (exact) mass is 614 g/mol. The lowest BCUT2D eigenvalue weighted by Crippen LogP contribution is -2.66. The summed E-state index contributed by atoms with van der Waals surface area (Å²) in [6.07, 6.45) is -42.7. The van der Waals surface area contributed by atoms with E-state index in [1.165, 1.54) is 4.74 Å². The molecule has 0 amide bonds.